The van der Waals surface area contributed by atoms with Gasteiger partial charge < -0.3 is 15.0 Å². The molecule has 2 aliphatic rings. The number of alkyl halides is 2. The minimum Gasteiger partial charge on any atom is -0.475 e. The molecule has 0 unspecified atom stereocenters. The fraction of sp³-hybridized carbons (Fsp3) is 0.348. The van der Waals surface area contributed by atoms with Crippen LogP contribution in [0.1, 0.15) is 30.7 Å². The Bertz CT molecular complexity index is 1510. The van der Waals surface area contributed by atoms with Gasteiger partial charge in [-0.25, -0.2) is 18.4 Å². The van der Waals surface area contributed by atoms with Gasteiger partial charge in [0.25, 0.3) is 6.43 Å². The van der Waals surface area contributed by atoms with Crippen molar-refractivity contribution in [1.29, 1.82) is 5.26 Å². The molecular formula is C23H20F2N8O2. The van der Waals surface area contributed by atoms with Gasteiger partial charge in [0, 0.05) is 41.9 Å². The number of hydrogen-bond acceptors (Lipinski definition) is 6. The Kier molecular flexibility index (Phi) is 4.80. The highest BCUT2D eigenvalue weighted by molar-refractivity contribution is 6.04. The van der Waals surface area contributed by atoms with Crippen LogP contribution in [0.2, 0.25) is 0 Å². The Morgan fingerprint density at radius 1 is 1.34 bits per heavy atom. The van der Waals surface area contributed by atoms with Crippen LogP contribution in [0.3, 0.4) is 0 Å². The molecule has 2 N–H and O–H groups in total. The van der Waals surface area contributed by atoms with Crippen LogP contribution < -0.4 is 10.1 Å². The zero-order valence-electron chi connectivity index (χ0n) is 18.6. The summed E-state index contributed by atoms with van der Waals surface area (Å²) in [6.07, 6.45) is 2.10. The van der Waals surface area contributed by atoms with Gasteiger partial charge in [0.2, 0.25) is 11.8 Å². The monoisotopic (exact) mass is 478 g/mol. The largest absolute Gasteiger partial charge is 0.475 e. The van der Waals surface area contributed by atoms with Crippen LogP contribution in [0.4, 0.5) is 8.78 Å². The number of ether oxygens (including phenoxy) is 1. The number of aryl methyl sites for hydroxylation is 1. The van der Waals surface area contributed by atoms with Crippen molar-refractivity contribution in [2.75, 3.05) is 6.61 Å². The first kappa shape index (κ1) is 21.3. The lowest BCUT2D eigenvalue weighted by molar-refractivity contribution is -0.123. The molecule has 1 amide bonds. The quantitative estimate of drug-likeness (QED) is 0.454. The first-order valence-corrected chi connectivity index (χ1v) is 11.2. The second-order valence-electron chi connectivity index (χ2n) is 8.79. The van der Waals surface area contributed by atoms with Crippen molar-refractivity contribution < 1.29 is 18.3 Å². The van der Waals surface area contributed by atoms with E-state index in [-0.39, 0.29) is 48.2 Å². The molecule has 5 heterocycles. The number of nitrogens with zero attached hydrogens (tertiary/aromatic N) is 6. The average molecular weight is 478 g/mol. The van der Waals surface area contributed by atoms with Crippen LogP contribution >= 0.6 is 0 Å². The maximum absolute atomic E-state index is 14.3. The molecule has 1 aliphatic heterocycles. The first-order valence-electron chi connectivity index (χ1n) is 11.2. The van der Waals surface area contributed by atoms with E-state index in [9.17, 15) is 18.8 Å². The van der Waals surface area contributed by atoms with Crippen molar-refractivity contribution in [1.82, 2.24) is 34.8 Å². The average Bonchev–Trinajstić information content (AvgIpc) is 3.39. The van der Waals surface area contributed by atoms with Crippen LogP contribution in [-0.4, -0.2) is 48.1 Å². The summed E-state index contributed by atoms with van der Waals surface area (Å²) in [4.78, 5) is 19.7. The number of nitrogens with one attached hydrogen (secondary N) is 2. The van der Waals surface area contributed by atoms with Crippen LogP contribution in [-0.2, 0) is 18.4 Å². The Morgan fingerprint density at radius 3 is 2.91 bits per heavy atom. The maximum Gasteiger partial charge on any atom is 0.282 e. The number of H-pyrrole nitrogens is 1. The van der Waals surface area contributed by atoms with Gasteiger partial charge in [0.1, 0.15) is 24.0 Å². The topological polar surface area (TPSA) is 126 Å². The van der Waals surface area contributed by atoms with E-state index in [1.807, 2.05) is 0 Å². The van der Waals surface area contributed by atoms with Gasteiger partial charge in [0.05, 0.1) is 23.8 Å². The number of carbonyl (C=O) groups is 1. The Labute approximate surface area is 197 Å². The van der Waals surface area contributed by atoms with Gasteiger partial charge in [-0.15, -0.1) is 0 Å². The number of hydrogen-bond donors (Lipinski definition) is 2. The molecule has 4 aromatic heterocycles. The molecule has 0 bridgehead atoms. The van der Waals surface area contributed by atoms with E-state index in [1.165, 1.54) is 9.36 Å². The SMILES string of the molecule is Cn1cc(-c2c(-c3c(C(F)F)nn4c3OC[C@@H](NC(=O)C3CC3)C4)[nH]c3ncccc23)c(C#N)n1. The Balaban J connectivity index is 1.51. The molecule has 6 rings (SSSR count). The van der Waals surface area contributed by atoms with Crippen LogP contribution in [0, 0.1) is 17.2 Å². The fourth-order valence-corrected chi connectivity index (χ4v) is 4.56. The maximum atomic E-state index is 14.3. The number of aromatic nitrogens is 6. The van der Waals surface area contributed by atoms with Crippen LogP contribution in [0.25, 0.3) is 33.4 Å². The molecule has 1 aliphatic carbocycles. The highest BCUT2D eigenvalue weighted by atomic mass is 19.3. The van der Waals surface area contributed by atoms with Gasteiger partial charge in [-0.2, -0.15) is 15.5 Å². The third-order valence-electron chi connectivity index (χ3n) is 6.27. The lowest BCUT2D eigenvalue weighted by Gasteiger charge is -2.25. The molecule has 1 saturated carbocycles. The van der Waals surface area contributed by atoms with E-state index in [0.29, 0.717) is 27.9 Å². The molecule has 35 heavy (non-hydrogen) atoms. The third kappa shape index (κ3) is 3.51. The summed E-state index contributed by atoms with van der Waals surface area (Å²) in [6.45, 7) is 0.335. The summed E-state index contributed by atoms with van der Waals surface area (Å²) >= 11 is 0. The summed E-state index contributed by atoms with van der Waals surface area (Å²) in [5, 5.41) is 21.6. The number of fused-ring (bicyclic) bond motifs is 2. The van der Waals surface area contributed by atoms with Gasteiger partial charge in [-0.1, -0.05) is 0 Å². The lowest BCUT2D eigenvalue weighted by Crippen LogP contribution is -2.45. The number of pyridine rings is 1. The molecular weight excluding hydrogens is 458 g/mol. The Hall–Kier alpha value is -4.27. The summed E-state index contributed by atoms with van der Waals surface area (Å²) in [5.41, 5.74) is 1.59. The molecule has 178 valence electrons. The van der Waals surface area contributed by atoms with E-state index in [1.54, 1.807) is 31.6 Å². The molecule has 1 fully saturated rings. The first-order chi connectivity index (χ1) is 16.9. The van der Waals surface area contributed by atoms with Gasteiger partial charge in [-0.05, 0) is 25.0 Å². The standard InChI is InChI=1S/C23H20F2N8O2/c1-32-9-14(15(7-26)30-32)16-13-3-2-6-27-21(13)29-18(16)17-19(20(24)25)31-33-8-12(10-35-23(17)33)28-22(34)11-4-5-11/h2-3,6,9,11-12,20H,4-5,8,10H2,1H3,(H,27,29)(H,28,34)/t12-/m0/s1. The lowest BCUT2D eigenvalue weighted by atomic mass is 9.99. The van der Waals surface area contributed by atoms with E-state index < -0.39 is 12.1 Å². The molecule has 10 nitrogen and oxygen atoms in total. The minimum absolute atomic E-state index is 0.0245. The van der Waals surface area contributed by atoms with E-state index in [2.05, 4.69) is 31.6 Å². The summed E-state index contributed by atoms with van der Waals surface area (Å²) < 4.78 is 37.3. The molecule has 12 heteroatoms. The molecule has 4 aromatic rings. The smallest absolute Gasteiger partial charge is 0.282 e. The van der Waals surface area contributed by atoms with Crippen LogP contribution in [0.15, 0.2) is 24.5 Å². The van der Waals surface area contributed by atoms with E-state index in [4.69, 9.17) is 4.74 Å². The number of nitriles is 1. The van der Waals surface area contributed by atoms with Crippen molar-refractivity contribution in [2.45, 2.75) is 31.9 Å². The zero-order valence-corrected chi connectivity index (χ0v) is 18.6. The zero-order chi connectivity index (χ0) is 24.3. The second-order valence-corrected chi connectivity index (χ2v) is 8.79. The molecule has 1 atom stereocenters. The summed E-state index contributed by atoms with van der Waals surface area (Å²) in [5.74, 6) is 0.150. The van der Waals surface area contributed by atoms with Crippen LogP contribution in [0.5, 0.6) is 5.88 Å². The van der Waals surface area contributed by atoms with Crippen molar-refractivity contribution in [3.8, 4) is 34.3 Å². The number of aromatic amines is 1. The van der Waals surface area contributed by atoms with Crippen molar-refractivity contribution >= 4 is 16.9 Å². The molecule has 0 spiro atoms. The van der Waals surface area contributed by atoms with Gasteiger partial charge in [0.15, 0.2) is 5.69 Å². The normalized spacial score (nSPS) is 17.3. The number of amides is 1. The molecule has 0 saturated heterocycles. The molecule has 0 radical (unpaired) electrons. The fourth-order valence-electron chi connectivity index (χ4n) is 4.56. The highest BCUT2D eigenvalue weighted by Gasteiger charge is 2.36. The van der Waals surface area contributed by atoms with Crippen molar-refractivity contribution in [3.05, 3.63) is 35.9 Å². The summed E-state index contributed by atoms with van der Waals surface area (Å²) in [7, 11) is 1.68. The Morgan fingerprint density at radius 2 is 2.17 bits per heavy atom. The van der Waals surface area contributed by atoms with E-state index in [0.717, 1.165) is 12.8 Å². The number of carbonyl (C=O) groups excluding carboxylic acids is 1. The third-order valence-corrected chi connectivity index (χ3v) is 6.27. The number of halogens is 2. The predicted molar refractivity (Wildman–Crippen MR) is 119 cm³/mol. The summed E-state index contributed by atoms with van der Waals surface area (Å²) in [6, 6.07) is 5.23. The van der Waals surface area contributed by atoms with Crippen molar-refractivity contribution in [3.63, 3.8) is 0 Å². The van der Waals surface area contributed by atoms with Gasteiger partial charge in [-0.3, -0.25) is 9.48 Å². The second kappa shape index (κ2) is 7.90. The van der Waals surface area contributed by atoms with Crippen molar-refractivity contribution in [2.24, 2.45) is 13.0 Å². The number of rotatable bonds is 5. The predicted octanol–water partition coefficient (Wildman–Crippen LogP) is 2.92. The minimum atomic E-state index is -2.89. The van der Waals surface area contributed by atoms with E-state index >= 15 is 0 Å². The highest BCUT2D eigenvalue weighted by Crippen LogP contribution is 2.46. The van der Waals surface area contributed by atoms with Gasteiger partial charge >= 0.3 is 0 Å². The molecule has 0 aromatic carbocycles.